The van der Waals surface area contributed by atoms with Crippen molar-refractivity contribution in [1.29, 1.82) is 0 Å². The summed E-state index contributed by atoms with van der Waals surface area (Å²) in [5, 5.41) is -0.195. The summed E-state index contributed by atoms with van der Waals surface area (Å²) in [6.07, 6.45) is 1.56. The lowest BCUT2D eigenvalue weighted by Gasteiger charge is -2.15. The van der Waals surface area contributed by atoms with Crippen LogP contribution in [0.2, 0.25) is 5.02 Å². The predicted octanol–water partition coefficient (Wildman–Crippen LogP) is 5.02. The van der Waals surface area contributed by atoms with E-state index in [-0.39, 0.29) is 53.0 Å². The highest BCUT2D eigenvalue weighted by atomic mass is 35.5. The fourth-order valence-corrected chi connectivity index (χ4v) is 4.39. The van der Waals surface area contributed by atoms with Crippen LogP contribution in [0.3, 0.4) is 0 Å². The molecule has 186 valence electrons. The fourth-order valence-electron chi connectivity index (χ4n) is 3.25. The van der Waals surface area contributed by atoms with Crippen molar-refractivity contribution < 1.29 is 33.3 Å². The monoisotopic (exact) mass is 519 g/mol. The number of carbonyl (C=O) groups excluding carboxylic acids is 3. The second kappa shape index (κ2) is 12.0. The third kappa shape index (κ3) is 6.70. The van der Waals surface area contributed by atoms with E-state index in [1.54, 1.807) is 25.1 Å². The Bertz CT molecular complexity index is 1160. The van der Waals surface area contributed by atoms with Crippen LogP contribution < -0.4 is 14.2 Å². The lowest BCUT2D eigenvalue weighted by atomic mass is 10.1. The molecule has 2 aromatic carbocycles. The lowest BCUT2D eigenvalue weighted by Crippen LogP contribution is -2.32. The first-order valence-corrected chi connectivity index (χ1v) is 12.0. The molecule has 0 unspecified atom stereocenters. The molecule has 3 rings (SSSR count). The van der Waals surface area contributed by atoms with Gasteiger partial charge in [-0.1, -0.05) is 23.7 Å². The Balaban J connectivity index is 1.69. The molecule has 1 aliphatic heterocycles. The van der Waals surface area contributed by atoms with E-state index in [2.05, 4.69) is 0 Å². The Hall–Kier alpha value is -3.17. The van der Waals surface area contributed by atoms with E-state index >= 15 is 0 Å². The highest BCUT2D eigenvalue weighted by Crippen LogP contribution is 2.39. The summed E-state index contributed by atoms with van der Waals surface area (Å²) in [4.78, 5) is 38.3. The third-order valence-corrected chi connectivity index (χ3v) is 6.17. The second-order valence-corrected chi connectivity index (χ2v) is 8.98. The molecule has 35 heavy (non-hydrogen) atoms. The zero-order valence-corrected chi connectivity index (χ0v) is 21.5. The molecule has 8 nitrogen and oxygen atoms in total. The standard InChI is InChI=1S/C25H26ClNO7S/c1-5-32-22(28)14-34-23-18(26)11-17(12-20(23)31-4)13-21-24(29)27(25(30)35-21)8-9-33-19-10-15(2)6-7-16(19)3/h6-7,10-13H,5,8-9,14H2,1-4H3/b21-13-. The first kappa shape index (κ1) is 26.4. The minimum absolute atomic E-state index is 0.125. The molecule has 0 saturated carbocycles. The van der Waals surface area contributed by atoms with E-state index in [0.717, 1.165) is 33.5 Å². The highest BCUT2D eigenvalue weighted by Gasteiger charge is 2.35. The number of benzene rings is 2. The van der Waals surface area contributed by atoms with E-state index < -0.39 is 11.9 Å². The van der Waals surface area contributed by atoms with Crippen LogP contribution >= 0.6 is 23.4 Å². The van der Waals surface area contributed by atoms with Gasteiger partial charge in [0.2, 0.25) is 0 Å². The number of carbonyl (C=O) groups is 3. The number of hydrogen-bond acceptors (Lipinski definition) is 8. The van der Waals surface area contributed by atoms with Crippen LogP contribution in [-0.4, -0.2) is 55.5 Å². The Morgan fingerprint density at radius 1 is 1.11 bits per heavy atom. The average Bonchev–Trinajstić information content (AvgIpc) is 3.07. The third-order valence-electron chi connectivity index (χ3n) is 4.98. The Morgan fingerprint density at radius 2 is 1.89 bits per heavy atom. The molecule has 1 fully saturated rings. The van der Waals surface area contributed by atoms with Crippen molar-refractivity contribution in [2.24, 2.45) is 0 Å². The van der Waals surface area contributed by atoms with Gasteiger partial charge < -0.3 is 18.9 Å². The molecule has 2 aromatic rings. The van der Waals surface area contributed by atoms with Crippen LogP contribution in [-0.2, 0) is 14.3 Å². The van der Waals surface area contributed by atoms with Gasteiger partial charge in [0.1, 0.15) is 12.4 Å². The van der Waals surface area contributed by atoms with Crippen molar-refractivity contribution in [2.75, 3.05) is 33.5 Å². The number of aryl methyl sites for hydroxylation is 2. The molecule has 1 saturated heterocycles. The first-order chi connectivity index (χ1) is 16.7. The maximum Gasteiger partial charge on any atom is 0.344 e. The fraction of sp³-hybridized carbons (Fsp3) is 0.320. The number of ether oxygens (including phenoxy) is 4. The number of hydrogen-bond donors (Lipinski definition) is 0. The largest absolute Gasteiger partial charge is 0.493 e. The SMILES string of the molecule is CCOC(=O)COc1c(Cl)cc(/C=C2\SC(=O)N(CCOc3cc(C)ccc3C)C2=O)cc1OC. The van der Waals surface area contributed by atoms with E-state index in [4.69, 9.17) is 30.5 Å². The number of esters is 1. The number of methoxy groups -OCH3 is 1. The molecule has 0 spiro atoms. The summed E-state index contributed by atoms with van der Waals surface area (Å²) in [5.74, 6) is 0.219. The van der Waals surface area contributed by atoms with Crippen LogP contribution in [0.1, 0.15) is 23.6 Å². The van der Waals surface area contributed by atoms with Crippen LogP contribution in [0.25, 0.3) is 6.08 Å². The summed E-state index contributed by atoms with van der Waals surface area (Å²) >= 11 is 7.17. The quantitative estimate of drug-likeness (QED) is 0.319. The lowest BCUT2D eigenvalue weighted by molar-refractivity contribution is -0.145. The summed E-state index contributed by atoms with van der Waals surface area (Å²) in [5.41, 5.74) is 2.57. The van der Waals surface area contributed by atoms with Crippen LogP contribution in [0.4, 0.5) is 4.79 Å². The molecule has 1 heterocycles. The molecular formula is C25H26ClNO7S. The van der Waals surface area contributed by atoms with Crippen molar-refractivity contribution >= 4 is 46.6 Å². The maximum atomic E-state index is 12.8. The molecule has 0 N–H and O–H groups in total. The van der Waals surface area contributed by atoms with Gasteiger partial charge in [0.25, 0.3) is 11.1 Å². The topological polar surface area (TPSA) is 91.4 Å². The van der Waals surface area contributed by atoms with Gasteiger partial charge in [0, 0.05) is 0 Å². The molecule has 1 aliphatic rings. The number of rotatable bonds is 10. The van der Waals surface area contributed by atoms with Gasteiger partial charge >= 0.3 is 5.97 Å². The minimum atomic E-state index is -0.537. The molecule has 0 aliphatic carbocycles. The zero-order chi connectivity index (χ0) is 25.5. The molecule has 10 heteroatoms. The van der Waals surface area contributed by atoms with Crippen molar-refractivity contribution in [3.8, 4) is 17.2 Å². The Morgan fingerprint density at radius 3 is 2.60 bits per heavy atom. The summed E-state index contributed by atoms with van der Waals surface area (Å²) in [7, 11) is 1.43. The van der Waals surface area contributed by atoms with Gasteiger partial charge in [-0.2, -0.15) is 0 Å². The smallest absolute Gasteiger partial charge is 0.344 e. The molecule has 0 radical (unpaired) electrons. The van der Waals surface area contributed by atoms with Crippen molar-refractivity contribution in [3.05, 3.63) is 56.9 Å². The van der Waals surface area contributed by atoms with Crippen LogP contribution in [0, 0.1) is 13.8 Å². The summed E-state index contributed by atoms with van der Waals surface area (Å²) < 4.78 is 21.4. The van der Waals surface area contributed by atoms with Gasteiger partial charge in [-0.05, 0) is 73.5 Å². The van der Waals surface area contributed by atoms with E-state index in [9.17, 15) is 14.4 Å². The summed E-state index contributed by atoms with van der Waals surface area (Å²) in [6.45, 7) is 5.81. The maximum absolute atomic E-state index is 12.8. The number of halogens is 1. The molecular weight excluding hydrogens is 494 g/mol. The van der Waals surface area contributed by atoms with E-state index in [0.29, 0.717) is 5.56 Å². The average molecular weight is 520 g/mol. The number of imide groups is 1. The number of amides is 2. The van der Waals surface area contributed by atoms with Crippen LogP contribution in [0.5, 0.6) is 17.2 Å². The van der Waals surface area contributed by atoms with Gasteiger partial charge in [0.15, 0.2) is 18.1 Å². The zero-order valence-electron chi connectivity index (χ0n) is 19.9. The van der Waals surface area contributed by atoms with E-state index in [1.165, 1.54) is 7.11 Å². The van der Waals surface area contributed by atoms with Gasteiger partial charge in [-0.15, -0.1) is 0 Å². The molecule has 2 amide bonds. The Labute approximate surface area is 213 Å². The van der Waals surface area contributed by atoms with Crippen molar-refractivity contribution in [2.45, 2.75) is 20.8 Å². The first-order valence-electron chi connectivity index (χ1n) is 10.8. The summed E-state index contributed by atoms with van der Waals surface area (Å²) in [6, 6.07) is 9.02. The molecule has 0 aromatic heterocycles. The predicted molar refractivity (Wildman–Crippen MR) is 134 cm³/mol. The van der Waals surface area contributed by atoms with Gasteiger partial charge in [-0.25, -0.2) is 4.79 Å². The number of nitrogens with zero attached hydrogens (tertiary/aromatic N) is 1. The second-order valence-electron chi connectivity index (χ2n) is 7.58. The molecule has 0 bridgehead atoms. The van der Waals surface area contributed by atoms with Gasteiger partial charge in [0.05, 0.1) is 30.2 Å². The number of thioether (sulfide) groups is 1. The van der Waals surface area contributed by atoms with Crippen molar-refractivity contribution in [1.82, 2.24) is 4.90 Å². The highest BCUT2D eigenvalue weighted by molar-refractivity contribution is 8.18. The minimum Gasteiger partial charge on any atom is -0.493 e. The van der Waals surface area contributed by atoms with Crippen molar-refractivity contribution in [3.63, 3.8) is 0 Å². The Kier molecular flexibility index (Phi) is 9.06. The normalized spacial score (nSPS) is 14.4. The van der Waals surface area contributed by atoms with Crippen LogP contribution in [0.15, 0.2) is 35.2 Å². The van der Waals surface area contributed by atoms with E-state index in [1.807, 2.05) is 32.0 Å². The van der Waals surface area contributed by atoms with Gasteiger partial charge in [-0.3, -0.25) is 14.5 Å². The molecule has 0 atom stereocenters.